The molecule has 31 heavy (non-hydrogen) atoms. The SMILES string of the molecule is COc1ccc(NC(C)=O)c(NC(=O)CN2CCC[C@](C)(C(=O)N3CCOCC3)C2)c1. The fraction of sp³-hybridized carbons (Fsp3) is 0.591. The number of nitrogens with one attached hydrogen (secondary N) is 2. The molecule has 0 radical (unpaired) electrons. The molecule has 1 atom stereocenters. The molecule has 9 heteroatoms. The molecule has 9 nitrogen and oxygen atoms in total. The Kier molecular flexibility index (Phi) is 7.50. The lowest BCUT2D eigenvalue weighted by Crippen LogP contribution is -2.54. The number of nitrogens with zero attached hydrogens (tertiary/aromatic N) is 2. The molecular weight excluding hydrogens is 400 g/mol. The van der Waals surface area contributed by atoms with Gasteiger partial charge in [-0.1, -0.05) is 0 Å². The summed E-state index contributed by atoms with van der Waals surface area (Å²) in [6.45, 7) is 7.26. The Hall–Kier alpha value is -2.65. The average molecular weight is 433 g/mol. The minimum atomic E-state index is -0.507. The van der Waals surface area contributed by atoms with Crippen molar-refractivity contribution in [2.24, 2.45) is 5.41 Å². The van der Waals surface area contributed by atoms with E-state index in [4.69, 9.17) is 9.47 Å². The number of hydrogen-bond donors (Lipinski definition) is 2. The smallest absolute Gasteiger partial charge is 0.238 e. The van der Waals surface area contributed by atoms with E-state index in [0.29, 0.717) is 50.0 Å². The summed E-state index contributed by atoms with van der Waals surface area (Å²) in [6, 6.07) is 5.08. The van der Waals surface area contributed by atoms with Gasteiger partial charge in [-0.2, -0.15) is 0 Å². The summed E-state index contributed by atoms with van der Waals surface area (Å²) in [6.07, 6.45) is 1.67. The predicted octanol–water partition coefficient (Wildman–Crippen LogP) is 1.55. The van der Waals surface area contributed by atoms with Crippen LogP contribution in [0, 0.1) is 5.41 Å². The molecule has 2 heterocycles. The van der Waals surface area contributed by atoms with Crippen LogP contribution in [0.4, 0.5) is 11.4 Å². The zero-order valence-electron chi connectivity index (χ0n) is 18.5. The third-order valence-corrected chi connectivity index (χ3v) is 5.77. The second-order valence-corrected chi connectivity index (χ2v) is 8.42. The van der Waals surface area contributed by atoms with Gasteiger partial charge in [0, 0.05) is 32.6 Å². The van der Waals surface area contributed by atoms with Crippen LogP contribution in [0.5, 0.6) is 5.75 Å². The fourth-order valence-corrected chi connectivity index (χ4v) is 4.25. The van der Waals surface area contributed by atoms with Gasteiger partial charge >= 0.3 is 0 Å². The molecule has 0 unspecified atom stereocenters. The topological polar surface area (TPSA) is 100 Å². The lowest BCUT2D eigenvalue weighted by atomic mass is 9.80. The van der Waals surface area contributed by atoms with Gasteiger partial charge in [-0.3, -0.25) is 19.3 Å². The lowest BCUT2D eigenvalue weighted by molar-refractivity contribution is -0.149. The molecule has 3 rings (SSSR count). The van der Waals surface area contributed by atoms with Crippen molar-refractivity contribution in [3.8, 4) is 5.75 Å². The van der Waals surface area contributed by atoms with E-state index in [0.717, 1.165) is 19.4 Å². The normalized spacial score (nSPS) is 22.0. The Morgan fingerprint density at radius 2 is 1.87 bits per heavy atom. The fourth-order valence-electron chi connectivity index (χ4n) is 4.25. The highest BCUT2D eigenvalue weighted by Crippen LogP contribution is 2.32. The molecule has 170 valence electrons. The van der Waals surface area contributed by atoms with Gasteiger partial charge in [-0.25, -0.2) is 0 Å². The van der Waals surface area contributed by atoms with E-state index >= 15 is 0 Å². The maximum atomic E-state index is 13.1. The number of piperidine rings is 1. The maximum absolute atomic E-state index is 13.1. The first-order valence-electron chi connectivity index (χ1n) is 10.7. The van der Waals surface area contributed by atoms with Crippen molar-refractivity contribution in [3.05, 3.63) is 18.2 Å². The summed E-state index contributed by atoms with van der Waals surface area (Å²) in [4.78, 5) is 41.3. The minimum absolute atomic E-state index is 0.140. The number of carbonyl (C=O) groups excluding carboxylic acids is 3. The minimum Gasteiger partial charge on any atom is -0.497 e. The van der Waals surface area contributed by atoms with Crippen molar-refractivity contribution in [2.45, 2.75) is 26.7 Å². The van der Waals surface area contributed by atoms with Gasteiger partial charge in [0.2, 0.25) is 17.7 Å². The molecule has 2 saturated heterocycles. The van der Waals surface area contributed by atoms with Crippen LogP contribution in [0.2, 0.25) is 0 Å². The van der Waals surface area contributed by atoms with E-state index in [2.05, 4.69) is 10.6 Å². The molecule has 0 aliphatic carbocycles. The number of hydrogen-bond acceptors (Lipinski definition) is 6. The molecule has 0 bridgehead atoms. The summed E-state index contributed by atoms with van der Waals surface area (Å²) in [5.74, 6) is 0.282. The molecular formula is C22H32N4O5. The molecule has 1 aromatic rings. The number of likely N-dealkylation sites (tertiary alicyclic amines) is 1. The summed E-state index contributed by atoms with van der Waals surface area (Å²) >= 11 is 0. The van der Waals surface area contributed by atoms with Crippen LogP contribution in [0.1, 0.15) is 26.7 Å². The number of rotatable bonds is 6. The molecule has 0 aromatic heterocycles. The summed E-state index contributed by atoms with van der Waals surface area (Å²) in [5, 5.41) is 5.59. The molecule has 2 aliphatic rings. The van der Waals surface area contributed by atoms with E-state index in [1.165, 1.54) is 6.92 Å². The van der Waals surface area contributed by atoms with Crippen LogP contribution >= 0.6 is 0 Å². The highest BCUT2D eigenvalue weighted by Gasteiger charge is 2.41. The van der Waals surface area contributed by atoms with Crippen LogP contribution in [0.15, 0.2) is 18.2 Å². The van der Waals surface area contributed by atoms with E-state index < -0.39 is 5.41 Å². The van der Waals surface area contributed by atoms with Crippen molar-refractivity contribution >= 4 is 29.1 Å². The van der Waals surface area contributed by atoms with Gasteiger partial charge < -0.3 is 25.0 Å². The standard InChI is InChI=1S/C22H32N4O5/c1-16(27)23-18-6-5-17(30-3)13-19(18)24-20(28)14-25-8-4-7-22(2,15-25)21(29)26-9-11-31-12-10-26/h5-6,13H,4,7-12,14-15H2,1-3H3,(H,23,27)(H,24,28)/t22-/m0/s1. The van der Waals surface area contributed by atoms with Crippen molar-refractivity contribution in [2.75, 3.05) is 63.7 Å². The van der Waals surface area contributed by atoms with E-state index in [-0.39, 0.29) is 24.3 Å². The monoisotopic (exact) mass is 432 g/mol. The molecule has 2 fully saturated rings. The van der Waals surface area contributed by atoms with Crippen LogP contribution < -0.4 is 15.4 Å². The molecule has 3 amide bonds. The Labute approximate surface area is 183 Å². The van der Waals surface area contributed by atoms with E-state index in [9.17, 15) is 14.4 Å². The highest BCUT2D eigenvalue weighted by molar-refractivity contribution is 5.99. The average Bonchev–Trinajstić information content (AvgIpc) is 2.74. The van der Waals surface area contributed by atoms with Gasteiger partial charge in [0.15, 0.2) is 0 Å². The second kappa shape index (κ2) is 10.1. The van der Waals surface area contributed by atoms with Crippen molar-refractivity contribution in [1.29, 1.82) is 0 Å². The number of morpholine rings is 1. The lowest BCUT2D eigenvalue weighted by Gasteiger charge is -2.42. The van der Waals surface area contributed by atoms with E-state index in [1.54, 1.807) is 25.3 Å². The number of ether oxygens (including phenoxy) is 2. The van der Waals surface area contributed by atoms with Gasteiger partial charge in [0.25, 0.3) is 0 Å². The zero-order valence-corrected chi connectivity index (χ0v) is 18.5. The Morgan fingerprint density at radius 3 is 2.55 bits per heavy atom. The van der Waals surface area contributed by atoms with Crippen LogP contribution in [-0.4, -0.2) is 80.6 Å². The maximum Gasteiger partial charge on any atom is 0.238 e. The number of anilines is 2. The quantitative estimate of drug-likeness (QED) is 0.708. The van der Waals surface area contributed by atoms with Gasteiger partial charge in [-0.15, -0.1) is 0 Å². The Morgan fingerprint density at radius 1 is 1.13 bits per heavy atom. The molecule has 2 N–H and O–H groups in total. The van der Waals surface area contributed by atoms with Crippen LogP contribution in [0.25, 0.3) is 0 Å². The third-order valence-electron chi connectivity index (χ3n) is 5.77. The third kappa shape index (κ3) is 5.95. The first-order valence-corrected chi connectivity index (χ1v) is 10.7. The first kappa shape index (κ1) is 23.0. The Bertz CT molecular complexity index is 824. The summed E-state index contributed by atoms with van der Waals surface area (Å²) < 4.78 is 10.6. The van der Waals surface area contributed by atoms with Gasteiger partial charge in [0.1, 0.15) is 5.75 Å². The number of methoxy groups -OCH3 is 1. The molecule has 1 aromatic carbocycles. The van der Waals surface area contributed by atoms with Crippen molar-refractivity contribution in [3.63, 3.8) is 0 Å². The number of benzene rings is 1. The second-order valence-electron chi connectivity index (χ2n) is 8.42. The molecule has 2 aliphatic heterocycles. The summed E-state index contributed by atoms with van der Waals surface area (Å²) in [7, 11) is 1.54. The predicted molar refractivity (Wildman–Crippen MR) is 117 cm³/mol. The molecule has 0 saturated carbocycles. The van der Waals surface area contributed by atoms with Crippen LogP contribution in [-0.2, 0) is 19.1 Å². The number of carbonyl (C=O) groups is 3. The summed E-state index contributed by atoms with van der Waals surface area (Å²) in [5.41, 5.74) is 0.476. The van der Waals surface area contributed by atoms with Crippen molar-refractivity contribution in [1.82, 2.24) is 9.80 Å². The Balaban J connectivity index is 1.64. The van der Waals surface area contributed by atoms with Crippen molar-refractivity contribution < 1.29 is 23.9 Å². The van der Waals surface area contributed by atoms with Gasteiger partial charge in [0.05, 0.1) is 43.7 Å². The van der Waals surface area contributed by atoms with Crippen LogP contribution in [0.3, 0.4) is 0 Å². The number of amides is 3. The largest absolute Gasteiger partial charge is 0.497 e. The van der Waals surface area contributed by atoms with E-state index in [1.807, 2.05) is 16.7 Å². The molecule has 0 spiro atoms. The zero-order chi connectivity index (χ0) is 22.4. The highest BCUT2D eigenvalue weighted by atomic mass is 16.5. The first-order chi connectivity index (χ1) is 14.8. The van der Waals surface area contributed by atoms with Gasteiger partial charge in [-0.05, 0) is 38.4 Å².